The highest BCUT2D eigenvalue weighted by Crippen LogP contribution is 2.27. The number of benzene rings is 2. The maximum Gasteiger partial charge on any atom is 0.122 e. The second-order valence-corrected chi connectivity index (χ2v) is 5.82. The number of unbranched alkanes of at least 4 members (excludes halogenated alkanes) is 1. The third kappa shape index (κ3) is 8.77. The van der Waals surface area contributed by atoms with Gasteiger partial charge in [-0.25, -0.2) is 0 Å². The van der Waals surface area contributed by atoms with Crippen LogP contribution in [0.2, 0.25) is 0 Å². The first-order valence-corrected chi connectivity index (χ1v) is 9.68. The summed E-state index contributed by atoms with van der Waals surface area (Å²) in [4.78, 5) is 0. The molecule has 0 atom stereocenters. The van der Waals surface area contributed by atoms with Crippen LogP contribution in [-0.2, 0) is 6.42 Å². The van der Waals surface area contributed by atoms with E-state index in [1.807, 2.05) is 49.4 Å². The van der Waals surface area contributed by atoms with E-state index in [0.29, 0.717) is 6.61 Å². The third-order valence-electron chi connectivity index (χ3n) is 3.68. The van der Waals surface area contributed by atoms with Gasteiger partial charge in [0.25, 0.3) is 0 Å². The Bertz CT molecular complexity index is 625. The molecule has 0 aliphatic rings. The Morgan fingerprint density at radius 2 is 1.54 bits per heavy atom. The molecule has 0 aliphatic heterocycles. The van der Waals surface area contributed by atoms with E-state index in [1.165, 1.54) is 12.0 Å². The molecule has 0 saturated heterocycles. The van der Waals surface area contributed by atoms with Crippen LogP contribution in [0.3, 0.4) is 0 Å². The van der Waals surface area contributed by atoms with Gasteiger partial charge in [-0.3, -0.25) is 0 Å². The Balaban J connectivity index is 0.000000597. The molecule has 2 aromatic rings. The highest BCUT2D eigenvalue weighted by molar-refractivity contribution is 5.48. The highest BCUT2D eigenvalue weighted by atomic mass is 16.5. The Kier molecular flexibility index (Phi) is 11.8. The Labute approximate surface area is 158 Å². The Hall–Kier alpha value is -2.20. The first-order chi connectivity index (χ1) is 12.7. The van der Waals surface area contributed by atoms with Crippen LogP contribution in [0.4, 0.5) is 11.4 Å². The topological polar surface area (TPSA) is 46.0 Å². The molecule has 1 N–H and O–H groups in total. The smallest absolute Gasteiger partial charge is 0.122 e. The number of hydrogen-bond acceptors (Lipinski definition) is 4. The number of nitrogens with one attached hydrogen (secondary N) is 1. The molecule has 26 heavy (non-hydrogen) atoms. The zero-order valence-corrected chi connectivity index (χ0v) is 16.7. The summed E-state index contributed by atoms with van der Waals surface area (Å²) in [6.45, 7) is 11.3. The van der Waals surface area contributed by atoms with Crippen molar-refractivity contribution in [2.75, 3.05) is 19.7 Å². The Morgan fingerprint density at radius 3 is 2.12 bits per heavy atom. The maximum atomic E-state index is 5.68. The standard InChI is InChI=1S/C18H22N2O.C4H11N/c1-3-5-9-15-14-17(12-13-18(15)21-4-2)20-19-16-10-7-6-8-11-16;1-3-5-4-2/h6-8,10-14H,3-5,9H2,1-2H3;5H,3-4H2,1-2H3. The van der Waals surface area contributed by atoms with E-state index >= 15 is 0 Å². The fourth-order valence-electron chi connectivity index (χ4n) is 2.35. The average molecular weight is 356 g/mol. The van der Waals surface area contributed by atoms with E-state index in [2.05, 4.69) is 42.4 Å². The van der Waals surface area contributed by atoms with Gasteiger partial charge in [0.1, 0.15) is 5.75 Å². The van der Waals surface area contributed by atoms with Crippen molar-refractivity contribution in [1.82, 2.24) is 5.32 Å². The molecule has 0 aromatic heterocycles. The minimum Gasteiger partial charge on any atom is -0.494 e. The van der Waals surface area contributed by atoms with Gasteiger partial charge in [0.05, 0.1) is 18.0 Å². The molecular weight excluding hydrogens is 322 g/mol. The molecule has 142 valence electrons. The van der Waals surface area contributed by atoms with E-state index in [9.17, 15) is 0 Å². The summed E-state index contributed by atoms with van der Waals surface area (Å²) in [7, 11) is 0. The van der Waals surface area contributed by atoms with Crippen molar-refractivity contribution in [2.24, 2.45) is 10.2 Å². The Morgan fingerprint density at radius 1 is 0.846 bits per heavy atom. The first kappa shape index (κ1) is 21.8. The van der Waals surface area contributed by atoms with Gasteiger partial charge in [-0.1, -0.05) is 45.4 Å². The van der Waals surface area contributed by atoms with Gasteiger partial charge in [0.15, 0.2) is 0 Å². The summed E-state index contributed by atoms with van der Waals surface area (Å²) in [5.74, 6) is 0.963. The second kappa shape index (κ2) is 14.0. The highest BCUT2D eigenvalue weighted by Gasteiger charge is 2.04. The van der Waals surface area contributed by atoms with E-state index in [1.54, 1.807) is 0 Å². The zero-order valence-electron chi connectivity index (χ0n) is 16.7. The lowest BCUT2D eigenvalue weighted by molar-refractivity contribution is 0.336. The van der Waals surface area contributed by atoms with Gasteiger partial charge in [0.2, 0.25) is 0 Å². The average Bonchev–Trinajstić information content (AvgIpc) is 2.68. The molecule has 0 bridgehead atoms. The van der Waals surface area contributed by atoms with Crippen LogP contribution in [0.15, 0.2) is 58.8 Å². The van der Waals surface area contributed by atoms with Crippen LogP contribution >= 0.6 is 0 Å². The zero-order chi connectivity index (χ0) is 19.0. The fourth-order valence-corrected chi connectivity index (χ4v) is 2.35. The molecule has 0 spiro atoms. The van der Waals surface area contributed by atoms with Crippen molar-refractivity contribution in [3.05, 3.63) is 54.1 Å². The van der Waals surface area contributed by atoms with Crippen LogP contribution in [0.1, 0.15) is 46.1 Å². The van der Waals surface area contributed by atoms with Crippen LogP contribution in [0.25, 0.3) is 0 Å². The molecule has 0 amide bonds. The molecule has 2 aromatic carbocycles. The van der Waals surface area contributed by atoms with Crippen molar-refractivity contribution < 1.29 is 4.74 Å². The molecule has 0 heterocycles. The van der Waals surface area contributed by atoms with Gasteiger partial charge in [-0.2, -0.15) is 10.2 Å². The van der Waals surface area contributed by atoms with Crippen molar-refractivity contribution in [3.63, 3.8) is 0 Å². The molecule has 2 rings (SSSR count). The van der Waals surface area contributed by atoms with Crippen molar-refractivity contribution in [3.8, 4) is 5.75 Å². The predicted octanol–water partition coefficient (Wildman–Crippen LogP) is 6.46. The molecule has 0 fully saturated rings. The monoisotopic (exact) mass is 355 g/mol. The van der Waals surface area contributed by atoms with Gasteiger partial charge in [0, 0.05) is 0 Å². The van der Waals surface area contributed by atoms with Crippen LogP contribution < -0.4 is 10.1 Å². The second-order valence-electron chi connectivity index (χ2n) is 5.82. The van der Waals surface area contributed by atoms with E-state index in [0.717, 1.165) is 43.1 Å². The SMILES string of the molecule is CCCCc1cc(N=Nc2ccccc2)ccc1OCC.CCNCC. The lowest BCUT2D eigenvalue weighted by Gasteiger charge is -2.10. The van der Waals surface area contributed by atoms with Crippen molar-refractivity contribution in [1.29, 1.82) is 0 Å². The largest absolute Gasteiger partial charge is 0.494 e. The summed E-state index contributed by atoms with van der Waals surface area (Å²) in [6, 6.07) is 15.8. The van der Waals surface area contributed by atoms with Crippen LogP contribution in [0.5, 0.6) is 5.75 Å². The molecule has 0 radical (unpaired) electrons. The third-order valence-corrected chi connectivity index (χ3v) is 3.68. The van der Waals surface area contributed by atoms with Gasteiger partial charge >= 0.3 is 0 Å². The number of aryl methyl sites for hydroxylation is 1. The van der Waals surface area contributed by atoms with Gasteiger partial charge in [-0.15, -0.1) is 0 Å². The maximum absolute atomic E-state index is 5.68. The van der Waals surface area contributed by atoms with Crippen molar-refractivity contribution >= 4 is 11.4 Å². The fraction of sp³-hybridized carbons (Fsp3) is 0.455. The van der Waals surface area contributed by atoms with Crippen molar-refractivity contribution in [2.45, 2.75) is 47.0 Å². The van der Waals surface area contributed by atoms with Crippen LogP contribution in [0, 0.1) is 0 Å². The van der Waals surface area contributed by atoms with E-state index in [-0.39, 0.29) is 0 Å². The summed E-state index contributed by atoms with van der Waals surface area (Å²) in [6.07, 6.45) is 3.33. The minimum absolute atomic E-state index is 0.685. The quantitative estimate of drug-likeness (QED) is 0.525. The number of azo groups is 1. The predicted molar refractivity (Wildman–Crippen MR) is 111 cm³/mol. The molecule has 0 unspecified atom stereocenters. The van der Waals surface area contributed by atoms with Crippen LogP contribution in [-0.4, -0.2) is 19.7 Å². The van der Waals surface area contributed by atoms with E-state index < -0.39 is 0 Å². The molecule has 4 heteroatoms. The number of rotatable bonds is 9. The molecule has 4 nitrogen and oxygen atoms in total. The minimum atomic E-state index is 0.685. The number of hydrogen-bond donors (Lipinski definition) is 1. The van der Waals surface area contributed by atoms with E-state index in [4.69, 9.17) is 4.74 Å². The first-order valence-electron chi connectivity index (χ1n) is 9.68. The molecule has 0 saturated carbocycles. The summed E-state index contributed by atoms with van der Waals surface area (Å²) < 4.78 is 5.68. The number of nitrogens with zero attached hydrogens (tertiary/aromatic N) is 2. The lowest BCUT2D eigenvalue weighted by atomic mass is 10.1. The molecule has 0 aliphatic carbocycles. The van der Waals surface area contributed by atoms with Gasteiger partial charge < -0.3 is 10.1 Å². The lowest BCUT2D eigenvalue weighted by Crippen LogP contribution is -2.09. The summed E-state index contributed by atoms with van der Waals surface area (Å²) in [5, 5.41) is 11.7. The molecular formula is C22H33N3O. The normalized spacial score (nSPS) is 10.5. The summed E-state index contributed by atoms with van der Waals surface area (Å²) >= 11 is 0. The summed E-state index contributed by atoms with van der Waals surface area (Å²) in [5.41, 5.74) is 2.94. The number of ether oxygens (including phenoxy) is 1. The van der Waals surface area contributed by atoms with Gasteiger partial charge in [-0.05, 0) is 68.8 Å².